The Labute approximate surface area is 163 Å². The highest BCUT2D eigenvalue weighted by Crippen LogP contribution is 2.22. The quantitative estimate of drug-likeness (QED) is 0.649. The topological polar surface area (TPSA) is 47.1 Å². The van der Waals surface area contributed by atoms with E-state index in [1.54, 1.807) is 18.4 Å². The van der Waals surface area contributed by atoms with Crippen molar-refractivity contribution in [2.75, 3.05) is 25.6 Å². The predicted molar refractivity (Wildman–Crippen MR) is 107 cm³/mol. The lowest BCUT2D eigenvalue weighted by molar-refractivity contribution is -0.886. The summed E-state index contributed by atoms with van der Waals surface area (Å²) in [5.41, 5.74) is 0.871. The maximum Gasteiger partial charge on any atom is 0.282 e. The van der Waals surface area contributed by atoms with Gasteiger partial charge in [-0.05, 0) is 54.8 Å². The summed E-state index contributed by atoms with van der Waals surface area (Å²) in [6.07, 6.45) is 0. The zero-order chi connectivity index (χ0) is 19.2. The summed E-state index contributed by atoms with van der Waals surface area (Å²) in [4.78, 5) is 17.1. The van der Waals surface area contributed by atoms with Gasteiger partial charge in [0.2, 0.25) is 0 Å². The summed E-state index contributed by atoms with van der Waals surface area (Å²) in [7, 11) is 3.64. The van der Waals surface area contributed by atoms with Crippen molar-refractivity contribution in [2.45, 2.75) is 20.0 Å². The molecule has 1 N–H and O–H groups in total. The van der Waals surface area contributed by atoms with E-state index in [9.17, 15) is 4.79 Å². The van der Waals surface area contributed by atoms with Gasteiger partial charge in [-0.2, -0.15) is 0 Å². The lowest BCUT2D eigenvalue weighted by atomic mass is 10.2. The molecule has 2 heterocycles. The van der Waals surface area contributed by atoms with Crippen molar-refractivity contribution >= 4 is 22.9 Å². The number of ether oxygens (including phenoxy) is 1. The van der Waals surface area contributed by atoms with Crippen LogP contribution in [0.15, 0.2) is 58.3 Å². The molecule has 0 saturated heterocycles. The lowest BCUT2D eigenvalue weighted by Crippen LogP contribution is -3.08. The van der Waals surface area contributed by atoms with Crippen molar-refractivity contribution in [1.29, 1.82) is 0 Å². The molecule has 0 saturated carbocycles. The van der Waals surface area contributed by atoms with Crippen LogP contribution >= 0.6 is 11.3 Å². The third-order valence-electron chi connectivity index (χ3n) is 4.30. The first-order chi connectivity index (χ1) is 13.0. The number of quaternary nitrogens is 1. The number of nitrogens with one attached hydrogen (secondary N) is 1. The molecule has 0 aliphatic heterocycles. The molecule has 0 bridgehead atoms. The number of methoxy groups -OCH3 is 1. The summed E-state index contributed by atoms with van der Waals surface area (Å²) < 4.78 is 10.9. The van der Waals surface area contributed by atoms with Crippen LogP contribution in [-0.4, -0.2) is 26.6 Å². The Morgan fingerprint density at radius 1 is 1.19 bits per heavy atom. The number of benzene rings is 1. The van der Waals surface area contributed by atoms with Crippen LogP contribution in [0.4, 0.5) is 5.69 Å². The van der Waals surface area contributed by atoms with Crippen molar-refractivity contribution in [2.24, 2.45) is 0 Å². The number of anilines is 1. The molecule has 6 heteroatoms. The van der Waals surface area contributed by atoms with Gasteiger partial charge in [-0.1, -0.05) is 6.07 Å². The van der Waals surface area contributed by atoms with E-state index in [0.717, 1.165) is 32.7 Å². The van der Waals surface area contributed by atoms with Gasteiger partial charge in [0.05, 0.1) is 20.7 Å². The monoisotopic (exact) mass is 385 g/mol. The fourth-order valence-electron chi connectivity index (χ4n) is 2.94. The smallest absolute Gasteiger partial charge is 0.282 e. The van der Waals surface area contributed by atoms with Gasteiger partial charge < -0.3 is 19.0 Å². The van der Waals surface area contributed by atoms with E-state index >= 15 is 0 Å². The molecule has 1 amide bonds. The van der Waals surface area contributed by atoms with Crippen molar-refractivity contribution in [3.8, 4) is 5.75 Å². The normalized spacial score (nSPS) is 12.0. The summed E-state index contributed by atoms with van der Waals surface area (Å²) in [6.45, 7) is 3.55. The minimum atomic E-state index is 0.0781. The number of rotatable bonds is 8. The van der Waals surface area contributed by atoms with Crippen LogP contribution in [-0.2, 0) is 17.9 Å². The molecule has 1 unspecified atom stereocenters. The van der Waals surface area contributed by atoms with E-state index in [1.165, 1.54) is 0 Å². The summed E-state index contributed by atoms with van der Waals surface area (Å²) in [5.74, 6) is 2.64. The summed E-state index contributed by atoms with van der Waals surface area (Å²) in [6, 6.07) is 15.6. The largest absolute Gasteiger partial charge is 0.497 e. The van der Waals surface area contributed by atoms with Crippen molar-refractivity contribution in [3.05, 3.63) is 70.3 Å². The number of carbonyl (C=O) groups excluding carboxylic acids is 1. The number of likely N-dealkylation sites (N-methyl/N-ethyl adjacent to an activating group) is 1. The molecular weight excluding hydrogens is 360 g/mol. The fraction of sp³-hybridized carbons (Fsp3) is 0.286. The number of furan rings is 1. The number of carbonyl (C=O) groups is 1. The summed E-state index contributed by atoms with van der Waals surface area (Å²) in [5, 5.41) is 2.03. The van der Waals surface area contributed by atoms with Crippen LogP contribution < -0.4 is 14.5 Å². The second-order valence-corrected chi connectivity index (χ2v) is 7.61. The Morgan fingerprint density at radius 3 is 2.56 bits per heavy atom. The molecule has 0 aliphatic carbocycles. The average Bonchev–Trinajstić information content (AvgIpc) is 3.31. The lowest BCUT2D eigenvalue weighted by Gasteiger charge is -2.24. The first-order valence-electron chi connectivity index (χ1n) is 8.88. The van der Waals surface area contributed by atoms with Crippen LogP contribution in [0.5, 0.6) is 5.75 Å². The Hall–Kier alpha value is -2.57. The van der Waals surface area contributed by atoms with Gasteiger partial charge in [0.25, 0.3) is 5.91 Å². The first kappa shape index (κ1) is 19.2. The first-order valence-corrected chi connectivity index (χ1v) is 9.76. The second-order valence-electron chi connectivity index (χ2n) is 6.58. The van der Waals surface area contributed by atoms with Crippen LogP contribution in [0.3, 0.4) is 0 Å². The van der Waals surface area contributed by atoms with E-state index < -0.39 is 0 Å². The molecule has 1 aromatic carbocycles. The molecule has 0 spiro atoms. The highest BCUT2D eigenvalue weighted by molar-refractivity contribution is 7.09. The third-order valence-corrected chi connectivity index (χ3v) is 5.17. The number of hydrogen-bond donors (Lipinski definition) is 1. The second kappa shape index (κ2) is 8.88. The van der Waals surface area contributed by atoms with Crippen LogP contribution in [0.25, 0.3) is 0 Å². The zero-order valence-electron chi connectivity index (χ0n) is 15.9. The highest BCUT2D eigenvalue weighted by atomic mass is 32.1. The van der Waals surface area contributed by atoms with Crippen molar-refractivity contribution in [3.63, 3.8) is 0 Å². The Bertz CT molecular complexity index is 856. The Morgan fingerprint density at radius 2 is 1.96 bits per heavy atom. The molecule has 2 aromatic heterocycles. The van der Waals surface area contributed by atoms with Gasteiger partial charge in [-0.15, -0.1) is 11.3 Å². The molecular formula is C21H25N2O3S+. The molecule has 1 atom stereocenters. The van der Waals surface area contributed by atoms with Crippen molar-refractivity contribution < 1.29 is 18.8 Å². The third kappa shape index (κ3) is 5.21. The van der Waals surface area contributed by atoms with Crippen molar-refractivity contribution in [1.82, 2.24) is 0 Å². The number of nitrogens with zero attached hydrogens (tertiary/aromatic N) is 1. The molecule has 3 rings (SSSR count). The fourth-order valence-corrected chi connectivity index (χ4v) is 3.63. The maximum atomic E-state index is 13.1. The Balaban J connectivity index is 1.73. The van der Waals surface area contributed by atoms with E-state index in [0.29, 0.717) is 19.6 Å². The van der Waals surface area contributed by atoms with Gasteiger partial charge in [0.1, 0.15) is 18.1 Å². The van der Waals surface area contributed by atoms with E-state index in [4.69, 9.17) is 9.15 Å². The zero-order valence-corrected chi connectivity index (χ0v) is 16.7. The summed E-state index contributed by atoms with van der Waals surface area (Å²) >= 11 is 1.65. The molecule has 0 fully saturated rings. The SMILES string of the molecule is COc1ccc(N(Cc2cccs2)C(=O)C[NH+](C)Cc2ccc(C)o2)cc1. The average molecular weight is 386 g/mol. The molecule has 0 radical (unpaired) electrons. The maximum absolute atomic E-state index is 13.1. The van der Waals surface area contributed by atoms with E-state index in [2.05, 4.69) is 6.07 Å². The number of aryl methyl sites for hydroxylation is 1. The van der Waals surface area contributed by atoms with Crippen LogP contribution in [0.2, 0.25) is 0 Å². The molecule has 5 nitrogen and oxygen atoms in total. The van der Waals surface area contributed by atoms with E-state index in [1.807, 2.05) is 66.7 Å². The standard InChI is InChI=1S/C21H24N2O3S/c1-16-6-9-19(26-16)13-22(2)15-21(24)23(14-20-5-4-12-27-20)17-7-10-18(25-3)11-8-17/h4-12H,13-15H2,1-3H3/p+1. The number of thiophene rings is 1. The Kier molecular flexibility index (Phi) is 6.32. The van der Waals surface area contributed by atoms with Crippen LogP contribution in [0.1, 0.15) is 16.4 Å². The van der Waals surface area contributed by atoms with Gasteiger partial charge in [-0.3, -0.25) is 4.79 Å². The predicted octanol–water partition coefficient (Wildman–Crippen LogP) is 2.91. The molecule has 0 aliphatic rings. The molecule has 3 aromatic rings. The number of hydrogen-bond acceptors (Lipinski definition) is 4. The van der Waals surface area contributed by atoms with Gasteiger partial charge in [0, 0.05) is 10.6 Å². The van der Waals surface area contributed by atoms with E-state index in [-0.39, 0.29) is 5.91 Å². The minimum absolute atomic E-state index is 0.0781. The van der Waals surface area contributed by atoms with Gasteiger partial charge >= 0.3 is 0 Å². The molecule has 142 valence electrons. The van der Waals surface area contributed by atoms with Gasteiger partial charge in [0.15, 0.2) is 12.3 Å². The molecule has 27 heavy (non-hydrogen) atoms. The van der Waals surface area contributed by atoms with Gasteiger partial charge in [-0.25, -0.2) is 0 Å². The number of amides is 1. The minimum Gasteiger partial charge on any atom is -0.497 e. The highest BCUT2D eigenvalue weighted by Gasteiger charge is 2.21. The van der Waals surface area contributed by atoms with Crippen LogP contribution in [0, 0.1) is 6.92 Å².